The normalized spacial score (nSPS) is 28.4. The Morgan fingerprint density at radius 1 is 1.08 bits per heavy atom. The van der Waals surface area contributed by atoms with Gasteiger partial charge in [0.05, 0.1) is 29.2 Å². The van der Waals surface area contributed by atoms with E-state index in [2.05, 4.69) is 28.4 Å². The number of nitrogens with one attached hydrogen (secondary N) is 1. The van der Waals surface area contributed by atoms with Gasteiger partial charge in [-0.2, -0.15) is 0 Å². The first-order chi connectivity index (χ1) is 17.4. The molecule has 194 valence electrons. The van der Waals surface area contributed by atoms with Crippen molar-refractivity contribution in [3.63, 3.8) is 0 Å². The summed E-state index contributed by atoms with van der Waals surface area (Å²) in [5.41, 5.74) is 1.62. The summed E-state index contributed by atoms with van der Waals surface area (Å²) in [4.78, 5) is 15.7. The van der Waals surface area contributed by atoms with E-state index in [0.29, 0.717) is 10.0 Å². The second-order valence-electron chi connectivity index (χ2n) is 10.9. The molecule has 0 aromatic heterocycles. The van der Waals surface area contributed by atoms with Gasteiger partial charge < -0.3 is 19.7 Å². The number of likely N-dealkylation sites (tertiary alicyclic amines) is 1. The number of fused-ring (bicyclic) bond motifs is 1. The van der Waals surface area contributed by atoms with Crippen molar-refractivity contribution in [2.24, 2.45) is 5.92 Å². The van der Waals surface area contributed by atoms with E-state index in [1.165, 1.54) is 24.9 Å². The van der Waals surface area contributed by atoms with Gasteiger partial charge in [0.25, 0.3) is 0 Å². The van der Waals surface area contributed by atoms with Gasteiger partial charge in [-0.25, -0.2) is 0 Å². The van der Waals surface area contributed by atoms with E-state index in [0.717, 1.165) is 56.0 Å². The van der Waals surface area contributed by atoms with Crippen molar-refractivity contribution in [3.8, 4) is 5.75 Å². The number of carbonyl (C=O) groups excluding carboxylic acids is 1. The number of carbonyl (C=O) groups is 1. The summed E-state index contributed by atoms with van der Waals surface area (Å²) in [6, 6.07) is 13.9. The summed E-state index contributed by atoms with van der Waals surface area (Å²) in [5, 5.41) is 4.31. The van der Waals surface area contributed by atoms with Crippen molar-refractivity contribution in [2.45, 2.75) is 62.0 Å². The van der Waals surface area contributed by atoms with Crippen LogP contribution in [-0.4, -0.2) is 56.3 Å². The van der Waals surface area contributed by atoms with E-state index in [1.54, 1.807) is 19.2 Å². The molecule has 5 nitrogen and oxygen atoms in total. The third-order valence-electron chi connectivity index (χ3n) is 8.64. The minimum absolute atomic E-state index is 0.00951. The quantitative estimate of drug-likeness (QED) is 0.478. The monoisotopic (exact) mass is 530 g/mol. The highest BCUT2D eigenvalue weighted by Gasteiger charge is 2.59. The van der Waals surface area contributed by atoms with Crippen LogP contribution in [-0.2, 0) is 21.4 Å². The van der Waals surface area contributed by atoms with Crippen molar-refractivity contribution in [1.82, 2.24) is 10.2 Å². The lowest BCUT2D eigenvalue weighted by atomic mass is 9.55. The van der Waals surface area contributed by atoms with E-state index in [1.807, 2.05) is 19.2 Å². The molecule has 1 heterocycles. The Bertz CT molecular complexity index is 1110. The largest absolute Gasteiger partial charge is 0.497 e. The molecule has 0 radical (unpaired) electrons. The molecular formula is C29H36Cl2N2O3. The predicted molar refractivity (Wildman–Crippen MR) is 144 cm³/mol. The predicted octanol–water partition coefficient (Wildman–Crippen LogP) is 5.65. The number of piperidine rings is 1. The van der Waals surface area contributed by atoms with Crippen LogP contribution in [0.3, 0.4) is 0 Å². The standard InChI is InChI=1S/C29H36Cl2N2O3/c1-35-24-5-3-4-22(16-24)28-12-13-33(18-20-6-7-20)19-29(28,36-2)11-10-23(17-28)32-27(34)15-21-8-9-25(30)26(31)14-21/h3-5,8-9,14,16,20,23H,6-7,10-13,15,17-19H2,1-2H3,(H,32,34)/t23-,28-,29-/m0/s1. The number of nitrogens with zero attached hydrogens (tertiary/aromatic N) is 1. The Morgan fingerprint density at radius 3 is 2.64 bits per heavy atom. The van der Waals surface area contributed by atoms with Gasteiger partial charge in [-0.05, 0) is 86.4 Å². The van der Waals surface area contributed by atoms with Gasteiger partial charge in [-0.3, -0.25) is 4.79 Å². The third kappa shape index (κ3) is 5.13. The number of methoxy groups -OCH3 is 2. The Kier molecular flexibility index (Phi) is 7.56. The summed E-state index contributed by atoms with van der Waals surface area (Å²) in [7, 11) is 3.59. The summed E-state index contributed by atoms with van der Waals surface area (Å²) in [6.45, 7) is 3.15. The van der Waals surface area contributed by atoms with Gasteiger partial charge in [0.2, 0.25) is 5.91 Å². The van der Waals surface area contributed by atoms with Crippen molar-refractivity contribution >= 4 is 29.1 Å². The average Bonchev–Trinajstić information content (AvgIpc) is 3.70. The van der Waals surface area contributed by atoms with Crippen LogP contribution in [0.1, 0.15) is 49.7 Å². The highest BCUT2D eigenvalue weighted by Crippen LogP contribution is 2.54. The summed E-state index contributed by atoms with van der Waals surface area (Å²) in [6.07, 6.45) is 6.63. The average molecular weight is 532 g/mol. The smallest absolute Gasteiger partial charge is 0.224 e. The zero-order valence-electron chi connectivity index (χ0n) is 21.2. The molecule has 2 aromatic rings. The third-order valence-corrected chi connectivity index (χ3v) is 9.38. The van der Waals surface area contributed by atoms with Crippen molar-refractivity contribution in [2.75, 3.05) is 33.9 Å². The Morgan fingerprint density at radius 2 is 1.92 bits per heavy atom. The van der Waals surface area contributed by atoms with E-state index in [-0.39, 0.29) is 29.4 Å². The van der Waals surface area contributed by atoms with Gasteiger partial charge in [-0.1, -0.05) is 41.4 Å². The first kappa shape index (κ1) is 25.8. The second kappa shape index (κ2) is 10.5. The molecule has 2 aliphatic carbocycles. The van der Waals surface area contributed by atoms with E-state index in [9.17, 15) is 4.79 Å². The maximum Gasteiger partial charge on any atom is 0.224 e. The number of hydrogen-bond acceptors (Lipinski definition) is 4. The van der Waals surface area contributed by atoms with E-state index >= 15 is 0 Å². The molecule has 1 aliphatic heterocycles. The van der Waals surface area contributed by atoms with Crippen LogP contribution in [0.4, 0.5) is 0 Å². The maximum atomic E-state index is 13.1. The molecule has 3 fully saturated rings. The molecule has 2 saturated carbocycles. The Balaban J connectivity index is 1.39. The topological polar surface area (TPSA) is 50.8 Å². The molecule has 5 rings (SSSR count). The van der Waals surface area contributed by atoms with Crippen molar-refractivity contribution < 1.29 is 14.3 Å². The van der Waals surface area contributed by atoms with Crippen LogP contribution >= 0.6 is 23.2 Å². The fourth-order valence-corrected chi connectivity index (χ4v) is 6.89. The summed E-state index contributed by atoms with van der Waals surface area (Å²) in [5.74, 6) is 1.72. The Labute approximate surface area is 224 Å². The molecule has 3 atom stereocenters. The van der Waals surface area contributed by atoms with Crippen LogP contribution < -0.4 is 10.1 Å². The molecule has 7 heteroatoms. The molecule has 1 N–H and O–H groups in total. The number of halogens is 2. The van der Waals surface area contributed by atoms with Gasteiger partial charge in [0.15, 0.2) is 0 Å². The molecule has 1 amide bonds. The zero-order chi connectivity index (χ0) is 25.3. The lowest BCUT2D eigenvalue weighted by Crippen LogP contribution is -2.68. The number of rotatable bonds is 8. The van der Waals surface area contributed by atoms with E-state index in [4.69, 9.17) is 32.7 Å². The molecule has 0 bridgehead atoms. The lowest BCUT2D eigenvalue weighted by molar-refractivity contribution is -0.151. The summed E-state index contributed by atoms with van der Waals surface area (Å²) >= 11 is 12.2. The van der Waals surface area contributed by atoms with Crippen LogP contribution in [0.5, 0.6) is 5.75 Å². The zero-order valence-corrected chi connectivity index (χ0v) is 22.7. The summed E-state index contributed by atoms with van der Waals surface area (Å²) < 4.78 is 12.1. The first-order valence-corrected chi connectivity index (χ1v) is 13.8. The first-order valence-electron chi connectivity index (χ1n) is 13.0. The van der Waals surface area contributed by atoms with Gasteiger partial charge in [0, 0.05) is 31.7 Å². The fraction of sp³-hybridized carbons (Fsp3) is 0.552. The highest BCUT2D eigenvalue weighted by atomic mass is 35.5. The minimum atomic E-state index is -0.294. The van der Waals surface area contributed by atoms with Crippen molar-refractivity contribution in [3.05, 3.63) is 63.6 Å². The lowest BCUT2D eigenvalue weighted by Gasteiger charge is -2.60. The number of hydrogen-bond donors (Lipinski definition) is 1. The van der Waals surface area contributed by atoms with Crippen molar-refractivity contribution in [1.29, 1.82) is 0 Å². The molecule has 0 spiro atoms. The van der Waals surface area contributed by atoms with Gasteiger partial charge in [0.1, 0.15) is 5.75 Å². The molecule has 0 unspecified atom stereocenters. The molecular weight excluding hydrogens is 495 g/mol. The molecule has 3 aliphatic rings. The Hall–Kier alpha value is -1.79. The van der Waals surface area contributed by atoms with Gasteiger partial charge >= 0.3 is 0 Å². The molecule has 2 aromatic carbocycles. The fourth-order valence-electron chi connectivity index (χ4n) is 6.57. The maximum absolute atomic E-state index is 13.1. The molecule has 36 heavy (non-hydrogen) atoms. The SMILES string of the molecule is COc1cccc([C@@]23CCN(CC4CC4)C[C@@]2(OC)CC[C@H](NC(=O)Cc2ccc(Cl)c(Cl)c2)C3)c1. The van der Waals surface area contributed by atoms with Crippen LogP contribution in [0, 0.1) is 5.92 Å². The number of ether oxygens (including phenoxy) is 2. The molecule has 1 saturated heterocycles. The van der Waals surface area contributed by atoms with Crippen LogP contribution in [0.15, 0.2) is 42.5 Å². The van der Waals surface area contributed by atoms with E-state index < -0.39 is 0 Å². The minimum Gasteiger partial charge on any atom is -0.497 e. The van der Waals surface area contributed by atoms with Gasteiger partial charge in [-0.15, -0.1) is 0 Å². The van der Waals surface area contributed by atoms with Crippen LogP contribution in [0.2, 0.25) is 10.0 Å². The highest BCUT2D eigenvalue weighted by molar-refractivity contribution is 6.42. The number of benzene rings is 2. The number of amides is 1. The van der Waals surface area contributed by atoms with Crippen LogP contribution in [0.25, 0.3) is 0 Å². The second-order valence-corrected chi connectivity index (χ2v) is 11.7.